The molecule has 0 spiro atoms. The van der Waals surface area contributed by atoms with E-state index < -0.39 is 15.9 Å². The SMILES string of the molecule is O=C(Nc1nc(-c2ccc(Br)cc2)cs1)C1CCCN(S(=O)(=O)c2ccc(Cl)s2)C1. The lowest BCUT2D eigenvalue weighted by Gasteiger charge is -2.30. The van der Waals surface area contributed by atoms with Gasteiger partial charge < -0.3 is 5.32 Å². The Morgan fingerprint density at radius 2 is 2.00 bits per heavy atom. The van der Waals surface area contributed by atoms with E-state index in [1.165, 1.54) is 21.7 Å². The number of anilines is 1. The summed E-state index contributed by atoms with van der Waals surface area (Å²) in [6, 6.07) is 10.8. The van der Waals surface area contributed by atoms with Crippen molar-refractivity contribution >= 4 is 71.3 Å². The van der Waals surface area contributed by atoms with Crippen molar-refractivity contribution in [2.75, 3.05) is 18.4 Å². The highest BCUT2D eigenvalue weighted by atomic mass is 79.9. The van der Waals surface area contributed by atoms with Gasteiger partial charge in [0.05, 0.1) is 15.9 Å². The van der Waals surface area contributed by atoms with E-state index >= 15 is 0 Å². The first-order valence-electron chi connectivity index (χ1n) is 9.11. The molecule has 1 unspecified atom stereocenters. The molecular weight excluding hydrogens is 530 g/mol. The fraction of sp³-hybridized carbons (Fsp3) is 0.263. The topological polar surface area (TPSA) is 79.4 Å². The third kappa shape index (κ3) is 4.79. The minimum Gasteiger partial charge on any atom is -0.302 e. The molecule has 0 saturated carbocycles. The molecule has 30 heavy (non-hydrogen) atoms. The van der Waals surface area contributed by atoms with Gasteiger partial charge in [-0.25, -0.2) is 13.4 Å². The van der Waals surface area contributed by atoms with E-state index in [-0.39, 0.29) is 16.7 Å². The maximum Gasteiger partial charge on any atom is 0.252 e. The van der Waals surface area contributed by atoms with E-state index in [1.807, 2.05) is 29.6 Å². The summed E-state index contributed by atoms with van der Waals surface area (Å²) in [4.78, 5) is 17.3. The van der Waals surface area contributed by atoms with Crippen molar-refractivity contribution in [3.8, 4) is 11.3 Å². The molecular formula is C19H17BrClN3O3S3. The number of sulfonamides is 1. The Bertz CT molecular complexity index is 1160. The number of hydrogen-bond donors (Lipinski definition) is 1. The molecule has 3 aromatic rings. The van der Waals surface area contributed by atoms with Crippen molar-refractivity contribution < 1.29 is 13.2 Å². The minimum atomic E-state index is -3.65. The molecule has 0 bridgehead atoms. The zero-order chi connectivity index (χ0) is 21.3. The van der Waals surface area contributed by atoms with Crippen LogP contribution < -0.4 is 5.32 Å². The van der Waals surface area contributed by atoms with E-state index in [1.54, 1.807) is 6.07 Å². The number of halogens is 2. The Morgan fingerprint density at radius 3 is 2.70 bits per heavy atom. The van der Waals surface area contributed by atoms with Crippen molar-refractivity contribution in [2.45, 2.75) is 17.1 Å². The Balaban J connectivity index is 1.43. The standard InChI is InChI=1S/C19H17BrClN3O3S3/c20-14-5-3-12(4-6-14)15-11-28-19(22-15)23-18(25)13-2-1-9-24(10-13)30(26,27)17-8-7-16(21)29-17/h3-8,11,13H,1-2,9-10H2,(H,22,23,25). The lowest BCUT2D eigenvalue weighted by molar-refractivity contribution is -0.120. The normalized spacial score (nSPS) is 17.7. The van der Waals surface area contributed by atoms with Gasteiger partial charge in [0.1, 0.15) is 4.21 Å². The fourth-order valence-corrected chi connectivity index (χ4v) is 7.38. The van der Waals surface area contributed by atoms with Crippen molar-refractivity contribution in [3.05, 3.63) is 50.6 Å². The van der Waals surface area contributed by atoms with Crippen molar-refractivity contribution in [1.82, 2.24) is 9.29 Å². The van der Waals surface area contributed by atoms with Crippen molar-refractivity contribution in [1.29, 1.82) is 0 Å². The number of carbonyl (C=O) groups excluding carboxylic acids is 1. The van der Waals surface area contributed by atoms with Gasteiger partial charge in [-0.2, -0.15) is 4.31 Å². The second-order valence-corrected chi connectivity index (χ2v) is 12.4. The zero-order valence-corrected chi connectivity index (χ0v) is 20.3. The van der Waals surface area contributed by atoms with Crippen LogP contribution in [0.1, 0.15) is 12.8 Å². The molecule has 1 fully saturated rings. The largest absolute Gasteiger partial charge is 0.302 e. The van der Waals surface area contributed by atoms with Crippen LogP contribution in [0, 0.1) is 5.92 Å². The summed E-state index contributed by atoms with van der Waals surface area (Å²) < 4.78 is 28.7. The number of nitrogens with one attached hydrogen (secondary N) is 1. The quantitative estimate of drug-likeness (QED) is 0.469. The summed E-state index contributed by atoms with van der Waals surface area (Å²) in [6.45, 7) is 0.543. The number of benzene rings is 1. The molecule has 1 aliphatic rings. The van der Waals surface area contributed by atoms with Crippen LogP contribution in [0.15, 0.2) is 50.5 Å². The predicted octanol–water partition coefficient (Wildman–Crippen LogP) is 5.33. The van der Waals surface area contributed by atoms with E-state index in [9.17, 15) is 13.2 Å². The van der Waals surface area contributed by atoms with Crippen LogP contribution in [0.25, 0.3) is 11.3 Å². The second kappa shape index (κ2) is 9.05. The molecule has 158 valence electrons. The molecule has 1 aliphatic heterocycles. The second-order valence-electron chi connectivity index (χ2n) is 6.79. The summed E-state index contributed by atoms with van der Waals surface area (Å²) >= 11 is 11.7. The van der Waals surface area contributed by atoms with Crippen LogP contribution >= 0.6 is 50.2 Å². The molecule has 11 heteroatoms. The highest BCUT2D eigenvalue weighted by molar-refractivity contribution is 9.10. The molecule has 3 heterocycles. The molecule has 4 rings (SSSR count). The van der Waals surface area contributed by atoms with Crippen molar-refractivity contribution in [3.63, 3.8) is 0 Å². The van der Waals surface area contributed by atoms with Gasteiger partial charge in [-0.15, -0.1) is 22.7 Å². The molecule has 2 aromatic heterocycles. The van der Waals surface area contributed by atoms with Gasteiger partial charge >= 0.3 is 0 Å². The maximum absolute atomic E-state index is 12.8. The number of amides is 1. The summed E-state index contributed by atoms with van der Waals surface area (Å²) in [6.07, 6.45) is 1.26. The summed E-state index contributed by atoms with van der Waals surface area (Å²) in [5, 5.41) is 5.24. The average molecular weight is 547 g/mol. The molecule has 6 nitrogen and oxygen atoms in total. The summed E-state index contributed by atoms with van der Waals surface area (Å²) in [7, 11) is -3.65. The fourth-order valence-electron chi connectivity index (χ4n) is 3.23. The third-order valence-corrected chi connectivity index (χ3v) is 9.62. The Hall–Kier alpha value is -1.30. The van der Waals surface area contributed by atoms with E-state index in [2.05, 4.69) is 26.2 Å². The maximum atomic E-state index is 12.8. The van der Waals surface area contributed by atoms with E-state index in [4.69, 9.17) is 11.6 Å². The van der Waals surface area contributed by atoms with Gasteiger partial charge in [0.2, 0.25) is 5.91 Å². The number of hydrogen-bond acceptors (Lipinski definition) is 6. The lowest BCUT2D eigenvalue weighted by Crippen LogP contribution is -2.43. The van der Waals surface area contributed by atoms with Crippen LogP contribution in [0.4, 0.5) is 5.13 Å². The van der Waals surface area contributed by atoms with Crippen LogP contribution in [0.2, 0.25) is 4.34 Å². The molecule has 1 saturated heterocycles. The number of thiazole rings is 1. The van der Waals surface area contributed by atoms with Gasteiger partial charge in [-0.3, -0.25) is 4.79 Å². The summed E-state index contributed by atoms with van der Waals surface area (Å²) in [5.41, 5.74) is 1.74. The van der Waals surface area contributed by atoms with Gasteiger partial charge in [-0.05, 0) is 37.1 Å². The molecule has 1 amide bonds. The Kier molecular flexibility index (Phi) is 6.61. The number of aromatic nitrogens is 1. The van der Waals surface area contributed by atoms with Crippen molar-refractivity contribution in [2.24, 2.45) is 5.92 Å². The van der Waals surface area contributed by atoms with E-state index in [0.29, 0.717) is 28.9 Å². The molecule has 1 atom stereocenters. The minimum absolute atomic E-state index is 0.147. The van der Waals surface area contributed by atoms with Crippen LogP contribution in [-0.2, 0) is 14.8 Å². The first kappa shape index (κ1) is 21.9. The third-order valence-electron chi connectivity index (χ3n) is 4.77. The van der Waals surface area contributed by atoms with Crippen LogP contribution in [0.5, 0.6) is 0 Å². The molecule has 1 N–H and O–H groups in total. The average Bonchev–Trinajstić information content (AvgIpc) is 3.38. The highest BCUT2D eigenvalue weighted by Crippen LogP contribution is 2.31. The number of carbonyl (C=O) groups is 1. The van der Waals surface area contributed by atoms with Gasteiger partial charge in [0.25, 0.3) is 10.0 Å². The summed E-state index contributed by atoms with van der Waals surface area (Å²) in [5.74, 6) is -0.639. The molecule has 1 aromatic carbocycles. The number of nitrogens with zero attached hydrogens (tertiary/aromatic N) is 2. The number of rotatable bonds is 5. The zero-order valence-electron chi connectivity index (χ0n) is 15.5. The smallest absolute Gasteiger partial charge is 0.252 e. The van der Waals surface area contributed by atoms with Crippen LogP contribution in [-0.4, -0.2) is 36.7 Å². The van der Waals surface area contributed by atoms with Gasteiger partial charge in [-0.1, -0.05) is 39.7 Å². The first-order valence-corrected chi connectivity index (χ1v) is 13.4. The van der Waals surface area contributed by atoms with Crippen LogP contribution in [0.3, 0.4) is 0 Å². The number of thiophene rings is 1. The monoisotopic (exact) mass is 545 g/mol. The molecule has 0 aliphatic carbocycles. The van der Waals surface area contributed by atoms with E-state index in [0.717, 1.165) is 27.1 Å². The van der Waals surface area contributed by atoms with Gasteiger partial charge in [0, 0.05) is 28.5 Å². The Morgan fingerprint density at radius 1 is 1.23 bits per heavy atom. The lowest BCUT2D eigenvalue weighted by atomic mass is 9.99. The Labute approximate surface area is 196 Å². The molecule has 0 radical (unpaired) electrons. The highest BCUT2D eigenvalue weighted by Gasteiger charge is 2.34. The predicted molar refractivity (Wildman–Crippen MR) is 125 cm³/mol. The number of piperidine rings is 1. The first-order chi connectivity index (χ1) is 14.3. The van der Waals surface area contributed by atoms with Gasteiger partial charge in [0.15, 0.2) is 5.13 Å².